The Labute approximate surface area is 116 Å². The van der Waals surface area contributed by atoms with Crippen LogP contribution in [0.15, 0.2) is 0 Å². The summed E-state index contributed by atoms with van der Waals surface area (Å²) in [4.78, 5) is 0. The molecule has 0 heterocycles. The van der Waals surface area contributed by atoms with Gasteiger partial charge in [-0.2, -0.15) is 0 Å². The lowest BCUT2D eigenvalue weighted by molar-refractivity contribution is 0.276. The Morgan fingerprint density at radius 3 is 1.72 bits per heavy atom. The smallest absolute Gasteiger partial charge is 0.0414 e. The van der Waals surface area contributed by atoms with Crippen LogP contribution in [-0.2, 0) is 0 Å². The zero-order valence-corrected chi connectivity index (χ0v) is 13.4. The fraction of sp³-hybridized carbons (Fsp3) is 1.00. The number of hydrogen-bond acceptors (Lipinski definition) is 0. The van der Waals surface area contributed by atoms with Crippen molar-refractivity contribution in [3.8, 4) is 0 Å². The summed E-state index contributed by atoms with van der Waals surface area (Å²) in [5.41, 5.74) is 0. The van der Waals surface area contributed by atoms with Gasteiger partial charge < -0.3 is 0 Å². The average Bonchev–Trinajstić information content (AvgIpc) is 2.40. The molecule has 0 bridgehead atoms. The molecule has 108 valence electrons. The second-order valence-electron chi connectivity index (χ2n) is 7.08. The summed E-state index contributed by atoms with van der Waals surface area (Å²) in [7, 11) is 0. The molecule has 18 heavy (non-hydrogen) atoms. The summed E-state index contributed by atoms with van der Waals surface area (Å²) >= 11 is 0. The largest absolute Gasteiger partial charge is 0.0651 e. The van der Waals surface area contributed by atoms with E-state index in [2.05, 4.69) is 27.7 Å². The standard InChI is InChI=1S/2C9H18/c1-3-9-6-4-8(2)5-7-9;1-3-9-6-4-5-8(2)7-9/h2*8-9H,3-7H2,1-2H3. The number of hydrogen-bond donors (Lipinski definition) is 0. The van der Waals surface area contributed by atoms with Gasteiger partial charge in [0.15, 0.2) is 0 Å². The van der Waals surface area contributed by atoms with Gasteiger partial charge in [0, 0.05) is 0 Å². The molecule has 0 heteroatoms. The minimum atomic E-state index is 1.02. The van der Waals surface area contributed by atoms with Crippen molar-refractivity contribution in [2.24, 2.45) is 23.7 Å². The van der Waals surface area contributed by atoms with Gasteiger partial charge in [0.25, 0.3) is 0 Å². The second-order valence-corrected chi connectivity index (χ2v) is 7.08. The Kier molecular flexibility index (Phi) is 8.02. The summed E-state index contributed by atoms with van der Waals surface area (Å²) in [5.74, 6) is 4.17. The fourth-order valence-corrected chi connectivity index (χ4v) is 3.67. The van der Waals surface area contributed by atoms with Gasteiger partial charge in [-0.05, 0) is 30.1 Å². The van der Waals surface area contributed by atoms with E-state index >= 15 is 0 Å². The summed E-state index contributed by atoms with van der Waals surface area (Å²) in [6.07, 6.45) is 14.7. The highest BCUT2D eigenvalue weighted by Gasteiger charge is 2.16. The molecule has 0 aromatic heterocycles. The molecular weight excluding hydrogens is 216 g/mol. The second kappa shape index (κ2) is 8.99. The van der Waals surface area contributed by atoms with Crippen LogP contribution >= 0.6 is 0 Å². The van der Waals surface area contributed by atoms with Crippen LogP contribution in [0.4, 0.5) is 0 Å². The van der Waals surface area contributed by atoms with Gasteiger partial charge in [-0.25, -0.2) is 0 Å². The van der Waals surface area contributed by atoms with Crippen molar-refractivity contribution in [3.05, 3.63) is 0 Å². The molecule has 0 spiro atoms. The first kappa shape index (κ1) is 16.1. The SMILES string of the molecule is CCC1CCC(C)CC1.CCC1CCCC(C)C1. The quantitative estimate of drug-likeness (QED) is 0.530. The van der Waals surface area contributed by atoms with Crippen molar-refractivity contribution in [2.45, 2.75) is 91.9 Å². The molecule has 0 nitrogen and oxygen atoms in total. The highest BCUT2D eigenvalue weighted by atomic mass is 14.2. The van der Waals surface area contributed by atoms with Crippen molar-refractivity contribution in [3.63, 3.8) is 0 Å². The number of rotatable bonds is 2. The Morgan fingerprint density at radius 1 is 0.667 bits per heavy atom. The third kappa shape index (κ3) is 6.25. The Hall–Kier alpha value is 0. The molecule has 2 saturated carbocycles. The van der Waals surface area contributed by atoms with E-state index in [1.165, 1.54) is 64.2 Å². The van der Waals surface area contributed by atoms with Gasteiger partial charge in [-0.15, -0.1) is 0 Å². The van der Waals surface area contributed by atoms with Crippen LogP contribution in [0, 0.1) is 23.7 Å². The first-order valence-electron chi connectivity index (χ1n) is 8.65. The van der Waals surface area contributed by atoms with Crippen LogP contribution in [-0.4, -0.2) is 0 Å². The van der Waals surface area contributed by atoms with Gasteiger partial charge in [-0.3, -0.25) is 0 Å². The molecule has 2 aliphatic carbocycles. The Morgan fingerprint density at radius 2 is 1.28 bits per heavy atom. The third-order valence-corrected chi connectivity index (χ3v) is 5.34. The van der Waals surface area contributed by atoms with Gasteiger partial charge in [0.2, 0.25) is 0 Å². The van der Waals surface area contributed by atoms with E-state index in [0.29, 0.717) is 0 Å². The zero-order valence-electron chi connectivity index (χ0n) is 13.4. The van der Waals surface area contributed by atoms with E-state index in [9.17, 15) is 0 Å². The minimum absolute atomic E-state index is 1.02. The van der Waals surface area contributed by atoms with Gasteiger partial charge >= 0.3 is 0 Å². The van der Waals surface area contributed by atoms with Crippen molar-refractivity contribution in [1.29, 1.82) is 0 Å². The molecule has 0 saturated heterocycles. The topological polar surface area (TPSA) is 0 Å². The zero-order chi connectivity index (χ0) is 13.4. The molecule has 2 atom stereocenters. The molecule has 2 rings (SSSR count). The Balaban J connectivity index is 0.000000180. The predicted molar refractivity (Wildman–Crippen MR) is 82.8 cm³/mol. The fourth-order valence-electron chi connectivity index (χ4n) is 3.67. The molecular formula is C18H36. The molecule has 0 aromatic carbocycles. The lowest BCUT2D eigenvalue weighted by Gasteiger charge is -2.25. The van der Waals surface area contributed by atoms with E-state index in [1.807, 2.05) is 0 Å². The molecule has 2 aliphatic rings. The van der Waals surface area contributed by atoms with Gasteiger partial charge in [-0.1, -0.05) is 85.5 Å². The summed E-state index contributed by atoms with van der Waals surface area (Å²) in [6, 6.07) is 0. The maximum Gasteiger partial charge on any atom is -0.0414 e. The van der Waals surface area contributed by atoms with E-state index in [1.54, 1.807) is 0 Å². The molecule has 2 unspecified atom stereocenters. The van der Waals surface area contributed by atoms with Crippen molar-refractivity contribution < 1.29 is 0 Å². The Bertz CT molecular complexity index is 188. The average molecular weight is 252 g/mol. The van der Waals surface area contributed by atoms with Crippen LogP contribution < -0.4 is 0 Å². The van der Waals surface area contributed by atoms with Crippen LogP contribution in [0.5, 0.6) is 0 Å². The van der Waals surface area contributed by atoms with Crippen LogP contribution in [0.3, 0.4) is 0 Å². The monoisotopic (exact) mass is 252 g/mol. The lowest BCUT2D eigenvalue weighted by atomic mass is 9.81. The molecule has 0 aliphatic heterocycles. The van der Waals surface area contributed by atoms with E-state index in [4.69, 9.17) is 0 Å². The summed E-state index contributed by atoms with van der Waals surface area (Å²) in [5, 5.41) is 0. The summed E-state index contributed by atoms with van der Waals surface area (Å²) < 4.78 is 0. The molecule has 0 aromatic rings. The first-order valence-corrected chi connectivity index (χ1v) is 8.65. The van der Waals surface area contributed by atoms with E-state index < -0.39 is 0 Å². The van der Waals surface area contributed by atoms with Crippen molar-refractivity contribution >= 4 is 0 Å². The minimum Gasteiger partial charge on any atom is -0.0651 e. The van der Waals surface area contributed by atoms with Crippen LogP contribution in [0.1, 0.15) is 91.9 Å². The van der Waals surface area contributed by atoms with Crippen LogP contribution in [0.25, 0.3) is 0 Å². The van der Waals surface area contributed by atoms with Gasteiger partial charge in [0.05, 0.1) is 0 Å². The van der Waals surface area contributed by atoms with Crippen molar-refractivity contribution in [2.75, 3.05) is 0 Å². The normalized spacial score (nSPS) is 36.7. The maximum absolute atomic E-state index is 2.39. The molecule has 2 fully saturated rings. The maximum atomic E-state index is 2.39. The van der Waals surface area contributed by atoms with E-state index in [0.717, 1.165) is 23.7 Å². The summed E-state index contributed by atoms with van der Waals surface area (Å²) in [6.45, 7) is 9.41. The molecule has 0 radical (unpaired) electrons. The first-order chi connectivity index (χ1) is 8.65. The highest BCUT2D eigenvalue weighted by Crippen LogP contribution is 2.30. The lowest BCUT2D eigenvalue weighted by Crippen LogP contribution is -2.11. The predicted octanol–water partition coefficient (Wildman–Crippen LogP) is 6.45. The van der Waals surface area contributed by atoms with Crippen molar-refractivity contribution in [1.82, 2.24) is 0 Å². The third-order valence-electron chi connectivity index (χ3n) is 5.34. The van der Waals surface area contributed by atoms with Gasteiger partial charge in [0.1, 0.15) is 0 Å². The van der Waals surface area contributed by atoms with E-state index in [-0.39, 0.29) is 0 Å². The van der Waals surface area contributed by atoms with Crippen LogP contribution in [0.2, 0.25) is 0 Å². The molecule has 0 N–H and O–H groups in total. The highest BCUT2D eigenvalue weighted by molar-refractivity contribution is 4.69. The molecule has 0 amide bonds.